The Morgan fingerprint density at radius 2 is 1.91 bits per heavy atom. The zero-order valence-corrected chi connectivity index (χ0v) is 13.5. The predicted octanol–water partition coefficient (Wildman–Crippen LogP) is 0.323. The summed E-state index contributed by atoms with van der Waals surface area (Å²) < 4.78 is 46.7. The lowest BCUT2D eigenvalue weighted by molar-refractivity contribution is 0.0941. The van der Waals surface area contributed by atoms with E-state index in [1.54, 1.807) is 6.07 Å². The number of amides is 1. The van der Waals surface area contributed by atoms with Gasteiger partial charge in [0.25, 0.3) is 5.91 Å². The number of aryl methyl sites for hydroxylation is 1. The van der Waals surface area contributed by atoms with Crippen molar-refractivity contribution in [3.8, 4) is 0 Å². The second-order valence-corrected chi connectivity index (χ2v) is 10.1. The van der Waals surface area contributed by atoms with Crippen LogP contribution in [0, 0.1) is 0 Å². The van der Waals surface area contributed by atoms with Crippen LogP contribution in [0.5, 0.6) is 0 Å². The third-order valence-corrected chi connectivity index (χ3v) is 7.75. The van der Waals surface area contributed by atoms with Crippen molar-refractivity contribution in [2.75, 3.05) is 17.3 Å². The van der Waals surface area contributed by atoms with Crippen molar-refractivity contribution in [3.05, 3.63) is 29.3 Å². The Kier molecular flexibility index (Phi) is 3.76. The first-order valence-corrected chi connectivity index (χ1v) is 10.6. The topological polar surface area (TPSA) is 97.4 Å². The number of carbonyl (C=O) groups is 1. The molecule has 1 unspecified atom stereocenters. The minimum Gasteiger partial charge on any atom is -0.348 e. The quantitative estimate of drug-likeness (QED) is 0.834. The summed E-state index contributed by atoms with van der Waals surface area (Å²) in [5.41, 5.74) is 1.04. The predicted molar refractivity (Wildman–Crippen MR) is 81.3 cm³/mol. The minimum absolute atomic E-state index is 0.0297. The first-order chi connectivity index (χ1) is 10.3. The number of rotatable bonds is 2. The zero-order chi connectivity index (χ0) is 16.0. The number of nitrogens with one attached hydrogen (secondary N) is 1. The zero-order valence-electron chi connectivity index (χ0n) is 11.9. The van der Waals surface area contributed by atoms with E-state index < -0.39 is 19.7 Å². The van der Waals surface area contributed by atoms with E-state index in [1.165, 1.54) is 12.1 Å². The summed E-state index contributed by atoms with van der Waals surface area (Å²) in [7, 11) is -6.28. The number of sulfone groups is 2. The van der Waals surface area contributed by atoms with Gasteiger partial charge in [-0.15, -0.1) is 0 Å². The van der Waals surface area contributed by atoms with Crippen LogP contribution < -0.4 is 5.32 Å². The lowest BCUT2D eigenvalue weighted by Gasteiger charge is -2.17. The van der Waals surface area contributed by atoms with Gasteiger partial charge < -0.3 is 5.32 Å². The Hall–Kier alpha value is -1.41. The number of hydrogen-bond acceptors (Lipinski definition) is 5. The summed E-state index contributed by atoms with van der Waals surface area (Å²) in [4.78, 5) is 12.5. The molecule has 0 aromatic heterocycles. The van der Waals surface area contributed by atoms with Gasteiger partial charge in [-0.25, -0.2) is 16.8 Å². The van der Waals surface area contributed by atoms with Crippen molar-refractivity contribution in [2.45, 2.75) is 30.2 Å². The summed E-state index contributed by atoms with van der Waals surface area (Å²) in [5.74, 6) is -0.142. The van der Waals surface area contributed by atoms with Crippen LogP contribution in [0.25, 0.3) is 0 Å². The summed E-state index contributed by atoms with van der Waals surface area (Å²) in [5, 5.41) is 2.71. The van der Waals surface area contributed by atoms with Crippen molar-refractivity contribution in [3.63, 3.8) is 0 Å². The van der Waals surface area contributed by atoms with Gasteiger partial charge in [-0.1, -0.05) is 0 Å². The van der Waals surface area contributed by atoms with Gasteiger partial charge in [0, 0.05) is 11.6 Å². The van der Waals surface area contributed by atoms with E-state index in [9.17, 15) is 21.6 Å². The van der Waals surface area contributed by atoms with Gasteiger partial charge in [0.1, 0.15) is 0 Å². The Morgan fingerprint density at radius 1 is 1.14 bits per heavy atom. The van der Waals surface area contributed by atoms with E-state index in [1.807, 2.05) is 0 Å². The van der Waals surface area contributed by atoms with Gasteiger partial charge in [0.2, 0.25) is 0 Å². The van der Waals surface area contributed by atoms with E-state index in [2.05, 4.69) is 5.32 Å². The molecule has 2 aliphatic rings. The second-order valence-electron chi connectivity index (χ2n) is 5.82. The van der Waals surface area contributed by atoms with Crippen LogP contribution in [-0.2, 0) is 26.1 Å². The highest BCUT2D eigenvalue weighted by Gasteiger charge is 2.30. The fourth-order valence-electron chi connectivity index (χ4n) is 2.96. The van der Waals surface area contributed by atoms with Crippen LogP contribution in [0.1, 0.15) is 28.8 Å². The molecule has 2 heterocycles. The molecular formula is C14H17NO5S2. The molecule has 6 nitrogen and oxygen atoms in total. The van der Waals surface area contributed by atoms with Crippen molar-refractivity contribution in [1.29, 1.82) is 0 Å². The molecule has 0 saturated carbocycles. The number of hydrogen-bond donors (Lipinski definition) is 1. The normalized spacial score (nSPS) is 25.4. The number of fused-ring (bicyclic) bond motifs is 1. The smallest absolute Gasteiger partial charge is 0.251 e. The molecule has 0 aliphatic carbocycles. The second kappa shape index (κ2) is 5.34. The van der Waals surface area contributed by atoms with E-state index in [-0.39, 0.29) is 29.2 Å². The molecule has 1 aromatic carbocycles. The van der Waals surface area contributed by atoms with Gasteiger partial charge in [0.05, 0.1) is 22.2 Å². The van der Waals surface area contributed by atoms with Crippen LogP contribution in [-0.4, -0.2) is 46.0 Å². The molecule has 2 aliphatic heterocycles. The lowest BCUT2D eigenvalue weighted by atomic mass is 10.1. The molecule has 1 atom stereocenters. The highest BCUT2D eigenvalue weighted by Crippen LogP contribution is 2.26. The van der Waals surface area contributed by atoms with Gasteiger partial charge >= 0.3 is 0 Å². The van der Waals surface area contributed by atoms with Gasteiger partial charge in [-0.3, -0.25) is 4.79 Å². The summed E-state index contributed by atoms with van der Waals surface area (Å²) in [6.45, 7) is 0. The van der Waals surface area contributed by atoms with Crippen LogP contribution >= 0.6 is 0 Å². The van der Waals surface area contributed by atoms with Crippen LogP contribution in [0.2, 0.25) is 0 Å². The van der Waals surface area contributed by atoms with Crippen molar-refractivity contribution < 1.29 is 21.6 Å². The molecule has 22 heavy (non-hydrogen) atoms. The van der Waals surface area contributed by atoms with Crippen LogP contribution in [0.4, 0.5) is 0 Å². The Bertz CT molecular complexity index is 827. The van der Waals surface area contributed by atoms with E-state index in [0.717, 1.165) is 0 Å². The maximum Gasteiger partial charge on any atom is 0.251 e. The molecule has 0 radical (unpaired) electrons. The minimum atomic E-state index is -3.23. The first kappa shape index (κ1) is 15.5. The maximum absolute atomic E-state index is 12.2. The molecule has 8 heteroatoms. The average Bonchev–Trinajstić information content (AvgIpc) is 2.77. The fourth-order valence-corrected chi connectivity index (χ4v) is 6.21. The average molecular weight is 343 g/mol. The van der Waals surface area contributed by atoms with Crippen LogP contribution in [0.15, 0.2) is 23.1 Å². The number of benzene rings is 1. The van der Waals surface area contributed by atoms with E-state index in [0.29, 0.717) is 35.3 Å². The van der Waals surface area contributed by atoms with Gasteiger partial charge in [-0.05, 0) is 43.0 Å². The monoisotopic (exact) mass is 343 g/mol. The summed E-state index contributed by atoms with van der Waals surface area (Å²) in [6, 6.07) is 4.20. The molecular weight excluding hydrogens is 326 g/mol. The maximum atomic E-state index is 12.2. The van der Waals surface area contributed by atoms with Crippen LogP contribution in [0.3, 0.4) is 0 Å². The van der Waals surface area contributed by atoms with E-state index >= 15 is 0 Å². The SMILES string of the molecule is O=C(NC1CCS(=O)(=O)C1)c1ccc2c(c1)CCCS2(=O)=O. The molecule has 1 fully saturated rings. The highest BCUT2D eigenvalue weighted by molar-refractivity contribution is 7.91. The standard InChI is InChI=1S/C14H17NO5S2/c16-14(15-12-5-7-21(17,18)9-12)11-3-4-13-10(8-11)2-1-6-22(13,19)20/h3-4,8,12H,1-2,5-7,9H2,(H,15,16). The Labute approximate surface area is 129 Å². The number of carbonyl (C=O) groups excluding carboxylic acids is 1. The van der Waals surface area contributed by atoms with Crippen molar-refractivity contribution in [1.82, 2.24) is 5.32 Å². The molecule has 120 valence electrons. The lowest BCUT2D eigenvalue weighted by Crippen LogP contribution is -2.35. The molecule has 0 bridgehead atoms. The van der Waals surface area contributed by atoms with E-state index in [4.69, 9.17) is 0 Å². The molecule has 1 amide bonds. The van der Waals surface area contributed by atoms with Crippen molar-refractivity contribution >= 4 is 25.6 Å². The Morgan fingerprint density at radius 3 is 2.59 bits per heavy atom. The molecule has 3 rings (SSSR count). The van der Waals surface area contributed by atoms with Crippen molar-refractivity contribution in [2.24, 2.45) is 0 Å². The first-order valence-electron chi connectivity index (χ1n) is 7.14. The Balaban J connectivity index is 1.80. The molecule has 1 saturated heterocycles. The third-order valence-electron chi connectivity index (χ3n) is 4.08. The molecule has 1 aromatic rings. The van der Waals surface area contributed by atoms with Gasteiger partial charge in [0.15, 0.2) is 19.7 Å². The molecule has 0 spiro atoms. The molecule has 1 N–H and O–H groups in total. The third kappa shape index (κ3) is 3.03. The highest BCUT2D eigenvalue weighted by atomic mass is 32.2. The summed E-state index contributed by atoms with van der Waals surface area (Å²) in [6.07, 6.45) is 1.61. The largest absolute Gasteiger partial charge is 0.348 e. The summed E-state index contributed by atoms with van der Waals surface area (Å²) >= 11 is 0. The van der Waals surface area contributed by atoms with Gasteiger partial charge in [-0.2, -0.15) is 0 Å². The fraction of sp³-hybridized carbons (Fsp3) is 0.500.